The Bertz CT molecular complexity index is 1430. The zero-order valence-corrected chi connectivity index (χ0v) is 25.7. The maximum absolute atomic E-state index is 15.8. The lowest BCUT2D eigenvalue weighted by molar-refractivity contribution is 0.459. The van der Waals surface area contributed by atoms with Crippen molar-refractivity contribution in [2.75, 3.05) is 0 Å². The maximum atomic E-state index is 15.8. The Hall–Kier alpha value is -2.04. The Kier molecular flexibility index (Phi) is 8.02. The molecule has 0 aliphatic heterocycles. The van der Waals surface area contributed by atoms with Crippen LogP contribution in [0.2, 0.25) is 19.6 Å². The van der Waals surface area contributed by atoms with Crippen molar-refractivity contribution in [1.82, 2.24) is 14.9 Å². The van der Waals surface area contributed by atoms with Gasteiger partial charge in [0, 0.05) is 28.7 Å². The summed E-state index contributed by atoms with van der Waals surface area (Å²) in [6.07, 6.45) is 0.219. The quantitative estimate of drug-likeness (QED) is 0.140. The predicted octanol–water partition coefficient (Wildman–Crippen LogP) is 6.98. The lowest BCUT2D eigenvalue weighted by Gasteiger charge is -2.29. The number of nitrogens with zero attached hydrogens (tertiary/aromatic N) is 2. The molecule has 9 heteroatoms. The van der Waals surface area contributed by atoms with Gasteiger partial charge in [0.05, 0.1) is 19.8 Å². The molecule has 0 saturated carbocycles. The van der Waals surface area contributed by atoms with Gasteiger partial charge in [-0.05, 0) is 78.1 Å². The lowest BCUT2D eigenvalue weighted by Crippen LogP contribution is -2.43. The van der Waals surface area contributed by atoms with Crippen LogP contribution in [0.25, 0.3) is 22.2 Å². The first-order chi connectivity index (χ1) is 17.3. The van der Waals surface area contributed by atoms with Crippen LogP contribution in [0.5, 0.6) is 0 Å². The molecule has 1 N–H and O–H groups in total. The highest BCUT2D eigenvalue weighted by Crippen LogP contribution is 2.35. The number of fused-ring (bicyclic) bond motifs is 1. The molecule has 2 aromatic carbocycles. The fourth-order valence-corrected chi connectivity index (χ4v) is 7.05. The third-order valence-electron chi connectivity index (χ3n) is 6.22. The second-order valence-corrected chi connectivity index (χ2v) is 19.2. The number of benzene rings is 2. The minimum atomic E-state index is -1.97. The minimum absolute atomic E-state index is 0.219. The second-order valence-electron chi connectivity index (χ2n) is 11.4. The molecule has 0 bridgehead atoms. The molecule has 0 amide bonds. The first-order valence-electron chi connectivity index (χ1n) is 12.2. The molecule has 0 aliphatic carbocycles. The number of hydrogen-bond acceptors (Lipinski definition) is 5. The Morgan fingerprint density at radius 3 is 2.51 bits per heavy atom. The monoisotopic (exact) mass is 601 g/mol. The second kappa shape index (κ2) is 10.6. The molecule has 196 valence electrons. The number of aromatic nitrogens is 2. The average molecular weight is 603 g/mol. The zero-order chi connectivity index (χ0) is 27.1. The Morgan fingerprint density at radius 2 is 1.84 bits per heavy atom. The van der Waals surface area contributed by atoms with Crippen LogP contribution < -0.4 is 9.91 Å². The molecule has 2 unspecified atom stereocenters. The molecule has 2 atom stereocenters. The van der Waals surface area contributed by atoms with Crippen LogP contribution in [0.15, 0.2) is 57.7 Å². The molecule has 0 aliphatic rings. The largest absolute Gasteiger partial charge is 0.598 e. The van der Waals surface area contributed by atoms with Crippen molar-refractivity contribution >= 4 is 51.5 Å². The van der Waals surface area contributed by atoms with Crippen LogP contribution in [-0.2, 0) is 17.8 Å². The van der Waals surface area contributed by atoms with Crippen LogP contribution >= 0.6 is 15.9 Å². The van der Waals surface area contributed by atoms with E-state index in [0.717, 1.165) is 22.1 Å². The zero-order valence-electron chi connectivity index (χ0n) is 22.3. The molecule has 0 radical (unpaired) electrons. The first-order valence-corrected chi connectivity index (χ1v) is 17.7. The van der Waals surface area contributed by atoms with Gasteiger partial charge in [0.1, 0.15) is 20.9 Å². The Morgan fingerprint density at radius 1 is 1.14 bits per heavy atom. The van der Waals surface area contributed by atoms with Crippen LogP contribution in [0.3, 0.4) is 0 Å². The molecule has 37 heavy (non-hydrogen) atoms. The van der Waals surface area contributed by atoms with Gasteiger partial charge in [-0.1, -0.05) is 55.1 Å². The van der Waals surface area contributed by atoms with E-state index in [-0.39, 0.29) is 12.2 Å². The Balaban J connectivity index is 1.86. The van der Waals surface area contributed by atoms with E-state index in [2.05, 4.69) is 50.4 Å². The maximum Gasteiger partial charge on any atom is 0.167 e. The number of hydrogen-bond donors (Lipinski definition) is 1. The normalized spacial score (nSPS) is 14.2. The molecule has 0 fully saturated rings. The highest BCUT2D eigenvalue weighted by molar-refractivity contribution is 9.10. The molecule has 4 aromatic rings. The van der Waals surface area contributed by atoms with Crippen molar-refractivity contribution in [3.63, 3.8) is 0 Å². The van der Waals surface area contributed by atoms with Gasteiger partial charge in [-0.15, -0.1) is 4.72 Å². The standard InChI is InChI=1S/C28H33BrFN3O2SSi/c1-17-12-13-20-23(14-17)35-32-27(20)19-11-9-8-10-18(19)21(33-36(34)28(2,3)4)15-22-26(30)24(37(5,6)7)16-25(29)31-22/h8-14,16,21,33H,15H2,1-7H3. The summed E-state index contributed by atoms with van der Waals surface area (Å²) in [4.78, 5) is 4.52. The molecular weight excluding hydrogens is 569 g/mol. The highest BCUT2D eigenvalue weighted by atomic mass is 79.9. The van der Waals surface area contributed by atoms with E-state index in [4.69, 9.17) is 4.52 Å². The summed E-state index contributed by atoms with van der Waals surface area (Å²) in [5.74, 6) is -0.282. The molecule has 5 nitrogen and oxygen atoms in total. The summed E-state index contributed by atoms with van der Waals surface area (Å²) in [5.41, 5.74) is 4.51. The van der Waals surface area contributed by atoms with Crippen LogP contribution in [0.1, 0.15) is 43.6 Å². The summed E-state index contributed by atoms with van der Waals surface area (Å²) < 4.78 is 38.2. The van der Waals surface area contributed by atoms with Gasteiger partial charge in [-0.2, -0.15) is 0 Å². The van der Waals surface area contributed by atoms with Crippen LogP contribution in [0, 0.1) is 12.7 Å². The van der Waals surface area contributed by atoms with Crippen molar-refractivity contribution in [2.45, 2.75) is 64.5 Å². The summed E-state index contributed by atoms with van der Waals surface area (Å²) >= 11 is 2.08. The summed E-state index contributed by atoms with van der Waals surface area (Å²) in [6.45, 7) is 14.1. The van der Waals surface area contributed by atoms with Gasteiger partial charge < -0.3 is 9.08 Å². The summed E-state index contributed by atoms with van der Waals surface area (Å²) in [5, 5.41) is 6.00. The lowest BCUT2D eigenvalue weighted by atomic mass is 9.94. The van der Waals surface area contributed by atoms with E-state index in [1.165, 1.54) is 0 Å². The van der Waals surface area contributed by atoms with Crippen molar-refractivity contribution in [3.8, 4) is 11.3 Å². The van der Waals surface area contributed by atoms with Crippen LogP contribution in [0.4, 0.5) is 4.39 Å². The molecular formula is C28H33BrFN3O2SSi. The molecule has 4 rings (SSSR count). The van der Waals surface area contributed by atoms with E-state index in [1.54, 1.807) is 6.07 Å². The fraction of sp³-hybridized carbons (Fsp3) is 0.357. The number of rotatable bonds is 7. The van der Waals surface area contributed by atoms with Crippen molar-refractivity contribution in [3.05, 3.63) is 75.8 Å². The van der Waals surface area contributed by atoms with Gasteiger partial charge >= 0.3 is 0 Å². The smallest absolute Gasteiger partial charge is 0.167 e. The Labute approximate surface area is 230 Å². The van der Waals surface area contributed by atoms with Gasteiger partial charge in [-0.3, -0.25) is 0 Å². The molecule has 0 saturated heterocycles. The summed E-state index contributed by atoms with van der Waals surface area (Å²) in [7, 11) is -1.97. The molecule has 2 heterocycles. The van der Waals surface area contributed by atoms with E-state index in [0.29, 0.717) is 26.8 Å². The van der Waals surface area contributed by atoms with E-state index in [1.807, 2.05) is 70.2 Å². The highest BCUT2D eigenvalue weighted by Gasteiger charge is 2.33. The topological polar surface area (TPSA) is 74.0 Å². The van der Waals surface area contributed by atoms with E-state index in [9.17, 15) is 4.55 Å². The number of aryl methyl sites for hydroxylation is 1. The van der Waals surface area contributed by atoms with Crippen LogP contribution in [-0.4, -0.2) is 27.5 Å². The molecule has 0 spiro atoms. The number of halogens is 2. The third-order valence-corrected chi connectivity index (χ3v) is 10.2. The van der Waals surface area contributed by atoms with Crippen molar-refractivity contribution in [1.29, 1.82) is 0 Å². The third kappa shape index (κ3) is 6.17. The van der Waals surface area contributed by atoms with Crippen molar-refractivity contribution in [2.24, 2.45) is 0 Å². The summed E-state index contributed by atoms with van der Waals surface area (Å²) in [6, 6.07) is 15.1. The predicted molar refractivity (Wildman–Crippen MR) is 157 cm³/mol. The first kappa shape index (κ1) is 28.0. The minimum Gasteiger partial charge on any atom is -0.598 e. The van der Waals surface area contributed by atoms with Crippen molar-refractivity contribution < 1.29 is 13.5 Å². The van der Waals surface area contributed by atoms with Gasteiger partial charge in [-0.25, -0.2) is 9.37 Å². The molecule has 2 aromatic heterocycles. The van der Waals surface area contributed by atoms with E-state index < -0.39 is 30.2 Å². The van der Waals surface area contributed by atoms with Gasteiger partial charge in [0.2, 0.25) is 0 Å². The number of pyridine rings is 1. The number of nitrogens with one attached hydrogen (secondary N) is 1. The van der Waals surface area contributed by atoms with Gasteiger partial charge in [0.25, 0.3) is 0 Å². The SMILES string of the molecule is Cc1ccc2c(-c3ccccc3C(Cc3nc(Br)cc([Si](C)(C)C)c3F)N[S+]([O-])C(C)(C)C)noc2c1. The van der Waals surface area contributed by atoms with Gasteiger partial charge in [0.15, 0.2) is 5.58 Å². The fourth-order valence-electron chi connectivity index (χ4n) is 4.20. The average Bonchev–Trinajstić information content (AvgIpc) is 3.22. The van der Waals surface area contributed by atoms with E-state index >= 15 is 4.39 Å².